The standard InChI is InChI=1S/C5H11O.K/c1-5(2,3)6-4;/h4H2,1-3H3;. The summed E-state index contributed by atoms with van der Waals surface area (Å²) in [6.45, 7) is 6.25. The van der Waals surface area contributed by atoms with Gasteiger partial charge in [-0.1, -0.05) is 0 Å². The molecule has 0 aliphatic rings. The van der Waals surface area contributed by atoms with Crippen LogP contribution < -0.4 is 0 Å². The Labute approximate surface area is 79.4 Å². The van der Waals surface area contributed by atoms with Crippen molar-refractivity contribution in [1.82, 2.24) is 0 Å². The van der Waals surface area contributed by atoms with Crippen molar-refractivity contribution in [2.75, 3.05) is 0.701 Å². The number of hydrogen-bond acceptors (Lipinski definition) is 1. The fraction of sp³-hybridized carbons (Fsp3) is 1.00. The first kappa shape index (κ1) is 8.60. The predicted molar refractivity (Wildman–Crippen MR) is 31.5 cm³/mol. The summed E-state index contributed by atoms with van der Waals surface area (Å²) in [5, 5.41) is 0. The first-order chi connectivity index (χ1) is 3.06. The summed E-state index contributed by atoms with van der Waals surface area (Å²) >= 11 is 0.848. The maximum absolute atomic E-state index is 5.31. The van der Waals surface area contributed by atoms with Crippen LogP contribution in [0, 0.1) is 0 Å². The van der Waals surface area contributed by atoms with E-state index in [-0.39, 0.29) is 5.60 Å². The van der Waals surface area contributed by atoms with Crippen LogP contribution in [-0.2, 0) is 4.74 Å². The van der Waals surface area contributed by atoms with E-state index in [2.05, 4.69) is 20.8 Å². The van der Waals surface area contributed by atoms with Gasteiger partial charge in [0.25, 0.3) is 0 Å². The molecule has 0 unspecified atom stereocenters. The Kier molecular flexibility index (Phi) is 4.41. The molecule has 0 atom stereocenters. The van der Waals surface area contributed by atoms with Gasteiger partial charge in [0.05, 0.1) is 0 Å². The molecule has 38 valence electrons. The molecule has 0 N–H and O–H groups in total. The van der Waals surface area contributed by atoms with E-state index >= 15 is 0 Å². The summed E-state index contributed by atoms with van der Waals surface area (Å²) in [7, 11) is 0. The van der Waals surface area contributed by atoms with E-state index < -0.39 is 0 Å². The molecule has 0 bridgehead atoms. The molecule has 0 aromatic heterocycles. The Balaban J connectivity index is 3.15. The SMILES string of the molecule is CC(C)(C)O[CH2][K]. The van der Waals surface area contributed by atoms with E-state index in [0.717, 1.165) is 49.7 Å². The quantitative estimate of drug-likeness (QED) is 0.475. The van der Waals surface area contributed by atoms with Crippen LogP contribution in [0.5, 0.6) is 0 Å². The third kappa shape index (κ3) is 7.60. The fourth-order valence-electron chi connectivity index (χ4n) is 0.433. The summed E-state index contributed by atoms with van der Waals surface area (Å²) in [6, 6.07) is 0. The van der Waals surface area contributed by atoms with Gasteiger partial charge in [0.1, 0.15) is 0 Å². The molecule has 0 aliphatic carbocycles. The molecule has 0 heterocycles. The Bertz CT molecular complexity index is 46.5. The molecule has 0 saturated carbocycles. The second kappa shape index (κ2) is 3.59. The summed E-state index contributed by atoms with van der Waals surface area (Å²) in [4.78, 5) is 0. The summed E-state index contributed by atoms with van der Waals surface area (Å²) in [5.74, 6) is 0. The van der Waals surface area contributed by atoms with Gasteiger partial charge in [-0.3, -0.25) is 0 Å². The van der Waals surface area contributed by atoms with E-state index in [1.165, 1.54) is 0 Å². The minimum absolute atomic E-state index is 0.0972. The van der Waals surface area contributed by atoms with Crippen molar-refractivity contribution in [1.29, 1.82) is 0 Å². The van der Waals surface area contributed by atoms with Crippen LogP contribution in [0.25, 0.3) is 0 Å². The van der Waals surface area contributed by atoms with Gasteiger partial charge in [0.15, 0.2) is 0 Å². The zero-order valence-electron chi connectivity index (χ0n) is 5.62. The zero-order chi connectivity index (χ0) is 5.91. The third-order valence-corrected chi connectivity index (χ3v) is 1.03. The molecule has 0 aromatic carbocycles. The van der Waals surface area contributed by atoms with Gasteiger partial charge < -0.3 is 0 Å². The average molecular weight is 126 g/mol. The maximum atomic E-state index is 5.31. The van der Waals surface area contributed by atoms with E-state index in [1.807, 2.05) is 0 Å². The van der Waals surface area contributed by atoms with Crippen molar-refractivity contribution >= 4 is 49.0 Å². The van der Waals surface area contributed by atoms with Crippen molar-refractivity contribution in [2.24, 2.45) is 0 Å². The van der Waals surface area contributed by atoms with Gasteiger partial charge >= 0.3 is 80.8 Å². The van der Waals surface area contributed by atoms with Gasteiger partial charge in [-0.2, -0.15) is 0 Å². The van der Waals surface area contributed by atoms with E-state index in [4.69, 9.17) is 4.74 Å². The van der Waals surface area contributed by atoms with Crippen molar-refractivity contribution < 1.29 is 4.74 Å². The average Bonchev–Trinajstić information content (AvgIpc) is 1.30. The zero-order valence-corrected chi connectivity index (χ0v) is 8.74. The summed E-state index contributed by atoms with van der Waals surface area (Å²) in [5.41, 5.74) is 0.0972. The molecule has 0 fully saturated rings. The van der Waals surface area contributed by atoms with Crippen LogP contribution in [0.1, 0.15) is 20.8 Å². The molecule has 7 heavy (non-hydrogen) atoms. The van der Waals surface area contributed by atoms with Crippen LogP contribution in [0.2, 0.25) is 0 Å². The van der Waals surface area contributed by atoms with Crippen LogP contribution >= 0.6 is 0 Å². The number of ether oxygens (including phenoxy) is 1. The third-order valence-electron chi connectivity index (χ3n) is 0.577. The second-order valence-corrected chi connectivity index (χ2v) is 3.45. The van der Waals surface area contributed by atoms with Gasteiger partial charge in [-0.15, -0.1) is 0 Å². The molecule has 0 aliphatic heterocycles. The van der Waals surface area contributed by atoms with Crippen LogP contribution in [0.15, 0.2) is 0 Å². The normalized spacial score (nSPS) is 12.1. The number of rotatable bonds is 1. The van der Waals surface area contributed by atoms with Gasteiger partial charge in [-0.05, 0) is 0 Å². The van der Waals surface area contributed by atoms with Crippen LogP contribution in [0.4, 0.5) is 0 Å². The fourth-order valence-corrected chi connectivity index (χ4v) is 1.79. The van der Waals surface area contributed by atoms with Crippen molar-refractivity contribution in [3.05, 3.63) is 0 Å². The van der Waals surface area contributed by atoms with Crippen molar-refractivity contribution in [3.63, 3.8) is 0 Å². The van der Waals surface area contributed by atoms with Crippen LogP contribution in [0.3, 0.4) is 0 Å². The minimum atomic E-state index is 0.0972. The predicted octanol–water partition coefficient (Wildman–Crippen LogP) is 0.927. The first-order valence-corrected chi connectivity index (χ1v) is 4.91. The Hall–Kier alpha value is 1.60. The van der Waals surface area contributed by atoms with Crippen molar-refractivity contribution in [3.8, 4) is 0 Å². The Morgan fingerprint density at radius 3 is 1.86 bits per heavy atom. The monoisotopic (exact) mass is 126 g/mol. The molecule has 0 aromatic rings. The molecule has 1 nitrogen and oxygen atoms in total. The molecular formula is C5H11KO. The molecule has 2 heteroatoms. The van der Waals surface area contributed by atoms with E-state index in [0.29, 0.717) is 0 Å². The van der Waals surface area contributed by atoms with Gasteiger partial charge in [0.2, 0.25) is 0 Å². The van der Waals surface area contributed by atoms with E-state index in [9.17, 15) is 0 Å². The van der Waals surface area contributed by atoms with Gasteiger partial charge in [0, 0.05) is 0 Å². The number of hydrogen-bond donors (Lipinski definition) is 0. The first-order valence-electron chi connectivity index (χ1n) is 2.70. The van der Waals surface area contributed by atoms with Crippen LogP contribution in [-0.4, -0.2) is 55.3 Å². The molecule has 0 saturated heterocycles. The van der Waals surface area contributed by atoms with Gasteiger partial charge in [-0.25, -0.2) is 0 Å². The Morgan fingerprint density at radius 2 is 1.86 bits per heavy atom. The topological polar surface area (TPSA) is 9.23 Å². The molecular weight excluding hydrogens is 115 g/mol. The molecule has 0 rings (SSSR count). The molecule has 0 radical (unpaired) electrons. The van der Waals surface area contributed by atoms with Crippen molar-refractivity contribution in [2.45, 2.75) is 26.4 Å². The Morgan fingerprint density at radius 1 is 1.43 bits per heavy atom. The summed E-state index contributed by atoms with van der Waals surface area (Å²) < 4.78 is 6.31. The molecule has 0 spiro atoms. The second-order valence-electron chi connectivity index (χ2n) is 2.55. The van der Waals surface area contributed by atoms with E-state index in [1.54, 1.807) is 0 Å². The molecule has 0 amide bonds. The summed E-state index contributed by atoms with van der Waals surface area (Å²) in [6.07, 6.45) is 0.